The van der Waals surface area contributed by atoms with Crippen molar-refractivity contribution in [1.29, 1.82) is 0 Å². The van der Waals surface area contributed by atoms with Gasteiger partial charge in [-0.1, -0.05) is 61.4 Å². The second-order valence-electron chi connectivity index (χ2n) is 8.44. The third-order valence-corrected chi connectivity index (χ3v) is 5.63. The third kappa shape index (κ3) is 8.09. The molecule has 5 N–H and O–H groups in total. The minimum atomic E-state index is -0.980. The van der Waals surface area contributed by atoms with Crippen LogP contribution in [0.15, 0.2) is 84.9 Å². The Morgan fingerprint density at radius 3 is 2.08 bits per heavy atom. The topological polar surface area (TPSA) is 142 Å². The van der Waals surface area contributed by atoms with Crippen molar-refractivity contribution in [2.75, 3.05) is 10.6 Å². The fourth-order valence-corrected chi connectivity index (χ4v) is 3.62. The van der Waals surface area contributed by atoms with Gasteiger partial charge in [-0.15, -0.1) is 5.06 Å². The molecule has 0 aliphatic heterocycles. The lowest BCUT2D eigenvalue weighted by molar-refractivity contribution is -0.118. The summed E-state index contributed by atoms with van der Waals surface area (Å²) in [6.07, 6.45) is 2.78. The van der Waals surface area contributed by atoms with Crippen LogP contribution in [0.25, 0.3) is 0 Å². The van der Waals surface area contributed by atoms with Crippen LogP contribution < -0.4 is 16.4 Å². The van der Waals surface area contributed by atoms with Gasteiger partial charge >= 0.3 is 0 Å². The van der Waals surface area contributed by atoms with E-state index in [2.05, 4.69) is 10.6 Å². The minimum Gasteiger partial charge on any atom is -0.326 e. The average Bonchev–Trinajstić information content (AvgIpc) is 2.92. The van der Waals surface area contributed by atoms with Gasteiger partial charge in [-0.2, -0.15) is 0 Å². The fourth-order valence-electron chi connectivity index (χ4n) is 3.62. The number of rotatable bonds is 11. The van der Waals surface area contributed by atoms with Crippen LogP contribution in [0.2, 0.25) is 0 Å². The average molecular weight is 503 g/mol. The molecule has 0 saturated carbocycles. The number of hydroxylamine groups is 2. The van der Waals surface area contributed by atoms with Crippen LogP contribution in [0.4, 0.5) is 11.4 Å². The quantitative estimate of drug-likeness (QED) is 0.134. The molecule has 0 spiro atoms. The van der Waals surface area contributed by atoms with Crippen molar-refractivity contribution in [2.45, 2.75) is 38.1 Å². The van der Waals surface area contributed by atoms with Gasteiger partial charge in [0.1, 0.15) is 0 Å². The zero-order chi connectivity index (χ0) is 26.6. The van der Waals surface area contributed by atoms with E-state index in [0.717, 1.165) is 12.1 Å². The molecule has 0 aliphatic rings. The Kier molecular flexibility index (Phi) is 10.1. The number of carbonyl (C=O) groups is 4. The first-order valence-electron chi connectivity index (χ1n) is 12.0. The highest BCUT2D eigenvalue weighted by molar-refractivity contribution is 6.12. The molecule has 0 radical (unpaired) electrons. The Morgan fingerprint density at radius 1 is 0.757 bits per heavy atom. The lowest BCUT2D eigenvalue weighted by Gasteiger charge is -2.17. The summed E-state index contributed by atoms with van der Waals surface area (Å²) in [7, 11) is 0. The molecule has 3 aromatic carbocycles. The van der Waals surface area contributed by atoms with E-state index in [0.29, 0.717) is 25.7 Å². The predicted octanol–water partition coefficient (Wildman–Crippen LogP) is 4.21. The van der Waals surface area contributed by atoms with Crippen LogP contribution in [-0.4, -0.2) is 39.9 Å². The molecule has 1 unspecified atom stereocenters. The summed E-state index contributed by atoms with van der Waals surface area (Å²) >= 11 is 0. The number of imide groups is 1. The minimum absolute atomic E-state index is 0.0220. The number of hydrogen-bond acceptors (Lipinski definition) is 6. The number of unbranched alkanes of at least 4 members (excludes halogenated alkanes) is 2. The number of nitrogens with two attached hydrogens (primary N) is 1. The maximum absolute atomic E-state index is 12.8. The molecule has 0 saturated heterocycles. The first-order valence-corrected chi connectivity index (χ1v) is 12.0. The summed E-state index contributed by atoms with van der Waals surface area (Å²) < 4.78 is 0. The summed E-state index contributed by atoms with van der Waals surface area (Å²) in [5, 5.41) is 15.7. The Morgan fingerprint density at radius 2 is 1.38 bits per heavy atom. The van der Waals surface area contributed by atoms with Crippen molar-refractivity contribution < 1.29 is 24.4 Å². The summed E-state index contributed by atoms with van der Waals surface area (Å²) in [5.41, 5.74) is 6.99. The van der Waals surface area contributed by atoms with Crippen molar-refractivity contribution in [1.82, 2.24) is 5.06 Å². The van der Waals surface area contributed by atoms with Gasteiger partial charge < -0.3 is 16.4 Å². The van der Waals surface area contributed by atoms with E-state index in [-0.39, 0.29) is 27.8 Å². The summed E-state index contributed by atoms with van der Waals surface area (Å²) in [6.45, 7) is 0. The van der Waals surface area contributed by atoms with Gasteiger partial charge in [-0.25, -0.2) is 0 Å². The predicted molar refractivity (Wildman–Crippen MR) is 140 cm³/mol. The molecule has 192 valence electrons. The normalized spacial score (nSPS) is 11.3. The van der Waals surface area contributed by atoms with Crippen LogP contribution >= 0.6 is 0 Å². The second kappa shape index (κ2) is 13.7. The third-order valence-electron chi connectivity index (χ3n) is 5.63. The SMILES string of the molecule is NC(CCCCCC(=O)Nc1ccccc1)C(=O)Nc1ccccc1C(=O)N(O)C(=O)c1ccccc1. The molecule has 3 aromatic rings. The number of hydrogen-bond donors (Lipinski definition) is 4. The zero-order valence-electron chi connectivity index (χ0n) is 20.3. The van der Waals surface area contributed by atoms with E-state index >= 15 is 0 Å². The molecule has 37 heavy (non-hydrogen) atoms. The number of para-hydroxylation sites is 2. The lowest BCUT2D eigenvalue weighted by atomic mass is 10.1. The van der Waals surface area contributed by atoms with E-state index in [9.17, 15) is 24.4 Å². The van der Waals surface area contributed by atoms with Crippen LogP contribution in [0.5, 0.6) is 0 Å². The Hall–Kier alpha value is -4.34. The van der Waals surface area contributed by atoms with Crippen molar-refractivity contribution in [3.63, 3.8) is 0 Å². The van der Waals surface area contributed by atoms with Crippen molar-refractivity contribution in [3.8, 4) is 0 Å². The summed E-state index contributed by atoms with van der Waals surface area (Å²) in [4.78, 5) is 49.9. The highest BCUT2D eigenvalue weighted by Crippen LogP contribution is 2.19. The molecule has 1 atom stereocenters. The van der Waals surface area contributed by atoms with Gasteiger partial charge in [0, 0.05) is 17.7 Å². The van der Waals surface area contributed by atoms with Crippen LogP contribution in [0, 0.1) is 0 Å². The fraction of sp³-hybridized carbons (Fsp3) is 0.214. The molecule has 0 aliphatic carbocycles. The maximum Gasteiger partial charge on any atom is 0.286 e. The van der Waals surface area contributed by atoms with Gasteiger partial charge in [0.15, 0.2) is 0 Å². The van der Waals surface area contributed by atoms with Gasteiger partial charge in [-0.3, -0.25) is 24.4 Å². The number of anilines is 2. The molecular weight excluding hydrogens is 472 g/mol. The molecule has 0 fully saturated rings. The molecule has 0 aromatic heterocycles. The highest BCUT2D eigenvalue weighted by Gasteiger charge is 2.25. The van der Waals surface area contributed by atoms with Crippen LogP contribution in [0.3, 0.4) is 0 Å². The first-order chi connectivity index (χ1) is 17.9. The molecule has 4 amide bonds. The van der Waals surface area contributed by atoms with E-state index < -0.39 is 23.8 Å². The molecule has 0 bridgehead atoms. The largest absolute Gasteiger partial charge is 0.326 e. The van der Waals surface area contributed by atoms with Crippen LogP contribution in [-0.2, 0) is 9.59 Å². The first kappa shape index (κ1) is 27.3. The Balaban J connectivity index is 1.47. The number of amides is 4. The van der Waals surface area contributed by atoms with Crippen LogP contribution in [0.1, 0.15) is 52.8 Å². The van der Waals surface area contributed by atoms with Crippen molar-refractivity contribution in [3.05, 3.63) is 96.1 Å². The van der Waals surface area contributed by atoms with E-state index in [4.69, 9.17) is 5.73 Å². The Labute approximate surface area is 215 Å². The number of nitrogens with one attached hydrogen (secondary N) is 2. The summed E-state index contributed by atoms with van der Waals surface area (Å²) in [5.74, 6) is -2.44. The van der Waals surface area contributed by atoms with Gasteiger partial charge in [0.2, 0.25) is 11.8 Å². The number of nitrogens with zero attached hydrogens (tertiary/aromatic N) is 1. The molecule has 3 rings (SSSR count). The lowest BCUT2D eigenvalue weighted by Crippen LogP contribution is -2.37. The highest BCUT2D eigenvalue weighted by atomic mass is 16.5. The number of carbonyl (C=O) groups excluding carboxylic acids is 4. The van der Waals surface area contributed by atoms with Gasteiger partial charge in [0.05, 0.1) is 17.3 Å². The van der Waals surface area contributed by atoms with E-state index in [1.54, 1.807) is 30.3 Å². The van der Waals surface area contributed by atoms with E-state index in [1.165, 1.54) is 24.3 Å². The molecular formula is C28H30N4O5. The Bertz CT molecular complexity index is 1220. The van der Waals surface area contributed by atoms with E-state index in [1.807, 2.05) is 30.3 Å². The number of benzene rings is 3. The smallest absolute Gasteiger partial charge is 0.286 e. The monoisotopic (exact) mass is 502 g/mol. The molecule has 0 heterocycles. The van der Waals surface area contributed by atoms with Gasteiger partial charge in [-0.05, 0) is 49.2 Å². The summed E-state index contributed by atoms with van der Waals surface area (Å²) in [6, 6.07) is 22.3. The second-order valence-corrected chi connectivity index (χ2v) is 8.44. The van der Waals surface area contributed by atoms with Gasteiger partial charge in [0.25, 0.3) is 11.8 Å². The molecule has 9 heteroatoms. The van der Waals surface area contributed by atoms with Crippen molar-refractivity contribution in [2.24, 2.45) is 5.73 Å². The maximum atomic E-state index is 12.8. The standard InChI is InChI=1S/C28H30N4O5/c29-23(17-8-3-9-19-25(33)30-21-14-6-2-7-15-21)26(34)31-24-18-11-10-16-22(24)28(36)32(37)27(35)20-12-4-1-5-13-20/h1-2,4-7,10-16,18,23,37H,3,8-9,17,19,29H2,(H,30,33)(H,31,34). The zero-order valence-corrected chi connectivity index (χ0v) is 20.3. The van der Waals surface area contributed by atoms with Crippen molar-refractivity contribution >= 4 is 35.0 Å². The molecule has 9 nitrogen and oxygen atoms in total.